The van der Waals surface area contributed by atoms with Gasteiger partial charge >= 0.3 is 0 Å². The molecule has 0 radical (unpaired) electrons. The highest BCUT2D eigenvalue weighted by Crippen LogP contribution is 2.16. The largest absolute Gasteiger partial charge is 0.385 e. The molecule has 4 nitrogen and oxygen atoms in total. The summed E-state index contributed by atoms with van der Waals surface area (Å²) in [7, 11) is 0. The van der Waals surface area contributed by atoms with Gasteiger partial charge < -0.3 is 10.6 Å². The van der Waals surface area contributed by atoms with Crippen LogP contribution in [0.4, 0.5) is 5.69 Å². The normalized spacial score (nSPS) is 10.1. The number of nitrogens with zero attached hydrogens (tertiary/aromatic N) is 1. The molecule has 1 aromatic heterocycles. The number of anilines is 1. The number of benzene rings is 1. The lowest BCUT2D eigenvalue weighted by Gasteiger charge is -2.10. The minimum atomic E-state index is -0.0694. The van der Waals surface area contributed by atoms with Crippen LogP contribution in [0.1, 0.15) is 28.4 Å². The highest BCUT2D eigenvalue weighted by molar-refractivity contribution is 5.94. The maximum absolute atomic E-state index is 12.1. The van der Waals surface area contributed by atoms with Gasteiger partial charge in [-0.3, -0.25) is 9.78 Å². The Labute approximate surface area is 119 Å². The van der Waals surface area contributed by atoms with Crippen molar-refractivity contribution in [3.8, 4) is 0 Å². The molecule has 0 fully saturated rings. The lowest BCUT2D eigenvalue weighted by Crippen LogP contribution is -2.23. The van der Waals surface area contributed by atoms with Gasteiger partial charge in [0.25, 0.3) is 5.91 Å². The Morgan fingerprint density at radius 3 is 2.80 bits per heavy atom. The first-order valence-corrected chi connectivity index (χ1v) is 6.72. The summed E-state index contributed by atoms with van der Waals surface area (Å²) in [4.78, 5) is 16.1. The number of aryl methyl sites for hydroxylation is 1. The number of rotatable bonds is 5. The number of hydrogen-bond acceptors (Lipinski definition) is 3. The van der Waals surface area contributed by atoms with Gasteiger partial charge in [-0.15, -0.1) is 0 Å². The number of pyridine rings is 1. The van der Waals surface area contributed by atoms with E-state index in [1.807, 2.05) is 44.2 Å². The van der Waals surface area contributed by atoms with Crippen molar-refractivity contribution in [3.05, 3.63) is 59.4 Å². The number of carbonyl (C=O) groups excluding carboxylic acids is 1. The van der Waals surface area contributed by atoms with Crippen LogP contribution in [0.2, 0.25) is 0 Å². The predicted molar refractivity (Wildman–Crippen MR) is 80.7 cm³/mol. The van der Waals surface area contributed by atoms with Crippen molar-refractivity contribution in [2.75, 3.05) is 11.9 Å². The van der Waals surface area contributed by atoms with E-state index in [0.29, 0.717) is 12.1 Å². The SMILES string of the molecule is CCNc1ccc(C(=O)NCc2cccnc2)cc1C. The molecule has 1 amide bonds. The predicted octanol–water partition coefficient (Wildman–Crippen LogP) is 2.75. The molecular weight excluding hydrogens is 250 g/mol. The Morgan fingerprint density at radius 1 is 1.30 bits per heavy atom. The molecule has 4 heteroatoms. The second-order valence-electron chi connectivity index (χ2n) is 4.60. The number of amides is 1. The summed E-state index contributed by atoms with van der Waals surface area (Å²) in [6.07, 6.45) is 3.47. The van der Waals surface area contributed by atoms with Gasteiger partial charge in [0, 0.05) is 36.7 Å². The fraction of sp³-hybridized carbons (Fsp3) is 0.250. The molecule has 2 N–H and O–H groups in total. The second kappa shape index (κ2) is 6.70. The third kappa shape index (κ3) is 3.57. The molecule has 0 aliphatic heterocycles. The quantitative estimate of drug-likeness (QED) is 0.877. The van der Waals surface area contributed by atoms with Crippen LogP contribution in [0.25, 0.3) is 0 Å². The van der Waals surface area contributed by atoms with E-state index in [9.17, 15) is 4.79 Å². The van der Waals surface area contributed by atoms with Gasteiger partial charge in [0.15, 0.2) is 0 Å². The van der Waals surface area contributed by atoms with Crippen LogP contribution in [0.15, 0.2) is 42.7 Å². The zero-order chi connectivity index (χ0) is 14.4. The highest BCUT2D eigenvalue weighted by Gasteiger charge is 2.07. The molecule has 0 saturated heterocycles. The topological polar surface area (TPSA) is 54.0 Å². The average molecular weight is 269 g/mol. The van der Waals surface area contributed by atoms with Crippen LogP contribution < -0.4 is 10.6 Å². The van der Waals surface area contributed by atoms with Crippen molar-refractivity contribution >= 4 is 11.6 Å². The lowest BCUT2D eigenvalue weighted by atomic mass is 10.1. The van der Waals surface area contributed by atoms with Crippen LogP contribution in [0, 0.1) is 6.92 Å². The molecule has 0 spiro atoms. The first-order chi connectivity index (χ1) is 9.70. The second-order valence-corrected chi connectivity index (χ2v) is 4.60. The van der Waals surface area contributed by atoms with E-state index in [1.54, 1.807) is 12.4 Å². The van der Waals surface area contributed by atoms with Crippen LogP contribution in [0.5, 0.6) is 0 Å². The van der Waals surface area contributed by atoms with Crippen LogP contribution in [-0.2, 0) is 6.54 Å². The van der Waals surface area contributed by atoms with Crippen molar-refractivity contribution in [2.45, 2.75) is 20.4 Å². The van der Waals surface area contributed by atoms with Crippen LogP contribution >= 0.6 is 0 Å². The first kappa shape index (κ1) is 14.1. The van der Waals surface area contributed by atoms with E-state index < -0.39 is 0 Å². The minimum absolute atomic E-state index is 0.0694. The Morgan fingerprint density at radius 2 is 2.15 bits per heavy atom. The Balaban J connectivity index is 2.00. The minimum Gasteiger partial charge on any atom is -0.385 e. The summed E-state index contributed by atoms with van der Waals surface area (Å²) in [6, 6.07) is 9.47. The van der Waals surface area contributed by atoms with E-state index in [-0.39, 0.29) is 5.91 Å². The van der Waals surface area contributed by atoms with Gasteiger partial charge in [-0.05, 0) is 49.2 Å². The van der Waals surface area contributed by atoms with Crippen molar-refractivity contribution in [1.29, 1.82) is 0 Å². The molecule has 1 aromatic carbocycles. The molecular formula is C16H19N3O. The fourth-order valence-corrected chi connectivity index (χ4v) is 1.98. The molecule has 104 valence electrons. The molecule has 2 rings (SSSR count). The van der Waals surface area contributed by atoms with Crippen LogP contribution in [0.3, 0.4) is 0 Å². The van der Waals surface area contributed by atoms with E-state index in [4.69, 9.17) is 0 Å². The summed E-state index contributed by atoms with van der Waals surface area (Å²) in [5.74, 6) is -0.0694. The third-order valence-corrected chi connectivity index (χ3v) is 3.03. The lowest BCUT2D eigenvalue weighted by molar-refractivity contribution is 0.0951. The smallest absolute Gasteiger partial charge is 0.251 e. The number of aromatic nitrogens is 1. The van der Waals surface area contributed by atoms with Gasteiger partial charge in [0.2, 0.25) is 0 Å². The fourth-order valence-electron chi connectivity index (χ4n) is 1.98. The summed E-state index contributed by atoms with van der Waals surface area (Å²) in [5, 5.41) is 6.15. The van der Waals surface area contributed by atoms with Gasteiger partial charge in [0.1, 0.15) is 0 Å². The van der Waals surface area contributed by atoms with Crippen molar-refractivity contribution in [3.63, 3.8) is 0 Å². The van der Waals surface area contributed by atoms with Gasteiger partial charge in [-0.2, -0.15) is 0 Å². The van der Waals surface area contributed by atoms with Crippen LogP contribution in [-0.4, -0.2) is 17.4 Å². The number of hydrogen-bond donors (Lipinski definition) is 2. The molecule has 0 atom stereocenters. The van der Waals surface area contributed by atoms with Crippen molar-refractivity contribution in [2.24, 2.45) is 0 Å². The summed E-state index contributed by atoms with van der Waals surface area (Å²) < 4.78 is 0. The van der Waals surface area contributed by atoms with Gasteiger partial charge in [-0.25, -0.2) is 0 Å². The summed E-state index contributed by atoms with van der Waals surface area (Å²) >= 11 is 0. The first-order valence-electron chi connectivity index (χ1n) is 6.72. The van der Waals surface area contributed by atoms with Crippen molar-refractivity contribution < 1.29 is 4.79 Å². The third-order valence-electron chi connectivity index (χ3n) is 3.03. The standard InChI is InChI=1S/C16H19N3O/c1-3-18-15-7-6-14(9-12(15)2)16(20)19-11-13-5-4-8-17-10-13/h4-10,18H,3,11H2,1-2H3,(H,19,20). The monoisotopic (exact) mass is 269 g/mol. The molecule has 0 aliphatic rings. The van der Waals surface area contributed by atoms with E-state index in [0.717, 1.165) is 23.4 Å². The number of carbonyl (C=O) groups is 1. The Bertz CT molecular complexity index is 582. The van der Waals surface area contributed by atoms with E-state index >= 15 is 0 Å². The zero-order valence-electron chi connectivity index (χ0n) is 11.8. The summed E-state index contributed by atoms with van der Waals surface area (Å²) in [5.41, 5.74) is 3.80. The van der Waals surface area contributed by atoms with E-state index in [1.165, 1.54) is 0 Å². The van der Waals surface area contributed by atoms with Gasteiger partial charge in [0.05, 0.1) is 0 Å². The number of nitrogens with one attached hydrogen (secondary N) is 2. The Kier molecular flexibility index (Phi) is 4.71. The van der Waals surface area contributed by atoms with E-state index in [2.05, 4.69) is 15.6 Å². The summed E-state index contributed by atoms with van der Waals surface area (Å²) in [6.45, 7) is 5.40. The maximum Gasteiger partial charge on any atom is 0.251 e. The zero-order valence-corrected chi connectivity index (χ0v) is 11.8. The molecule has 0 saturated carbocycles. The van der Waals surface area contributed by atoms with Gasteiger partial charge in [-0.1, -0.05) is 6.07 Å². The molecule has 1 heterocycles. The Hall–Kier alpha value is -2.36. The molecule has 20 heavy (non-hydrogen) atoms. The maximum atomic E-state index is 12.1. The molecule has 0 unspecified atom stereocenters. The highest BCUT2D eigenvalue weighted by atomic mass is 16.1. The molecule has 0 aliphatic carbocycles. The molecule has 2 aromatic rings. The average Bonchev–Trinajstić information content (AvgIpc) is 2.48. The van der Waals surface area contributed by atoms with Crippen molar-refractivity contribution in [1.82, 2.24) is 10.3 Å². The molecule has 0 bridgehead atoms.